The van der Waals surface area contributed by atoms with Gasteiger partial charge in [0, 0.05) is 21.1 Å². The number of aryl methyl sites for hydroxylation is 1. The van der Waals surface area contributed by atoms with Crippen LogP contribution in [-0.2, 0) is 6.42 Å². The van der Waals surface area contributed by atoms with E-state index in [0.717, 1.165) is 21.7 Å². The van der Waals surface area contributed by atoms with E-state index < -0.39 is 0 Å². The van der Waals surface area contributed by atoms with Crippen molar-refractivity contribution in [3.8, 4) is 0 Å². The molecule has 2 rings (SSSR count). The van der Waals surface area contributed by atoms with Gasteiger partial charge < -0.3 is 5.73 Å². The molecule has 19 heavy (non-hydrogen) atoms. The molecule has 1 unspecified atom stereocenters. The molecule has 0 bridgehead atoms. The third-order valence-corrected chi connectivity index (χ3v) is 4.23. The van der Waals surface area contributed by atoms with Crippen LogP contribution in [0, 0.1) is 6.92 Å². The van der Waals surface area contributed by atoms with Crippen molar-refractivity contribution in [3.63, 3.8) is 0 Å². The summed E-state index contributed by atoms with van der Waals surface area (Å²) in [6, 6.07) is 11.1. The smallest absolute Gasteiger partial charge is 0.0453 e. The zero-order valence-corrected chi connectivity index (χ0v) is 12.7. The van der Waals surface area contributed by atoms with Crippen LogP contribution in [0.4, 0.5) is 0 Å². The van der Waals surface area contributed by atoms with Crippen molar-refractivity contribution in [2.24, 2.45) is 5.73 Å². The molecule has 0 spiro atoms. The molecular formula is C15H14Cl3N. The van der Waals surface area contributed by atoms with Gasteiger partial charge in [-0.3, -0.25) is 0 Å². The maximum Gasteiger partial charge on any atom is 0.0453 e. The fourth-order valence-electron chi connectivity index (χ4n) is 1.90. The molecule has 0 aliphatic heterocycles. The van der Waals surface area contributed by atoms with Gasteiger partial charge in [-0.2, -0.15) is 0 Å². The van der Waals surface area contributed by atoms with Crippen LogP contribution in [0.1, 0.15) is 22.7 Å². The lowest BCUT2D eigenvalue weighted by Gasteiger charge is -2.15. The molecule has 2 aromatic rings. The largest absolute Gasteiger partial charge is 0.324 e. The van der Waals surface area contributed by atoms with Crippen molar-refractivity contribution in [2.45, 2.75) is 19.4 Å². The van der Waals surface area contributed by atoms with Gasteiger partial charge >= 0.3 is 0 Å². The van der Waals surface area contributed by atoms with Crippen molar-refractivity contribution in [2.75, 3.05) is 0 Å². The molecule has 0 amide bonds. The second kappa shape index (κ2) is 6.15. The van der Waals surface area contributed by atoms with Crippen LogP contribution in [0.2, 0.25) is 15.1 Å². The van der Waals surface area contributed by atoms with Gasteiger partial charge in [0.1, 0.15) is 0 Å². The molecule has 0 fully saturated rings. The monoisotopic (exact) mass is 313 g/mol. The molecule has 0 saturated carbocycles. The van der Waals surface area contributed by atoms with E-state index in [9.17, 15) is 0 Å². The molecule has 0 saturated heterocycles. The highest BCUT2D eigenvalue weighted by Crippen LogP contribution is 2.29. The first kappa shape index (κ1) is 14.7. The Labute approximate surface area is 128 Å². The fourth-order valence-corrected chi connectivity index (χ4v) is 2.65. The summed E-state index contributed by atoms with van der Waals surface area (Å²) in [5.41, 5.74) is 9.09. The van der Waals surface area contributed by atoms with Crippen LogP contribution in [-0.4, -0.2) is 0 Å². The number of rotatable bonds is 3. The molecule has 0 heterocycles. The molecular weight excluding hydrogens is 301 g/mol. The normalized spacial score (nSPS) is 12.5. The standard InChI is InChI=1S/C15H14Cl3N/c1-9-5-6-10(7-14(9)18)15(19)8-11-12(16)3-2-4-13(11)17/h2-7,15H,8,19H2,1H3. The zero-order valence-electron chi connectivity index (χ0n) is 10.5. The highest BCUT2D eigenvalue weighted by molar-refractivity contribution is 6.36. The predicted octanol–water partition coefficient (Wildman–Crippen LogP) is 5.20. The number of hydrogen-bond donors (Lipinski definition) is 1. The van der Waals surface area contributed by atoms with E-state index in [1.807, 2.05) is 43.3 Å². The van der Waals surface area contributed by atoms with Crippen LogP contribution < -0.4 is 5.73 Å². The van der Waals surface area contributed by atoms with Crippen LogP contribution in [0.15, 0.2) is 36.4 Å². The Morgan fingerprint density at radius 3 is 2.21 bits per heavy atom. The maximum atomic E-state index is 6.21. The second-order valence-corrected chi connectivity index (χ2v) is 5.74. The summed E-state index contributed by atoms with van der Waals surface area (Å²) in [7, 11) is 0. The summed E-state index contributed by atoms with van der Waals surface area (Å²) in [5.74, 6) is 0. The molecule has 0 radical (unpaired) electrons. The van der Waals surface area contributed by atoms with Gasteiger partial charge in [-0.15, -0.1) is 0 Å². The summed E-state index contributed by atoms with van der Waals surface area (Å²) in [6.07, 6.45) is 0.581. The summed E-state index contributed by atoms with van der Waals surface area (Å²) in [4.78, 5) is 0. The molecule has 4 heteroatoms. The molecule has 100 valence electrons. The Morgan fingerprint density at radius 2 is 1.63 bits per heavy atom. The van der Waals surface area contributed by atoms with Crippen LogP contribution >= 0.6 is 34.8 Å². The SMILES string of the molecule is Cc1ccc(C(N)Cc2c(Cl)cccc2Cl)cc1Cl. The number of nitrogens with two attached hydrogens (primary N) is 1. The van der Waals surface area contributed by atoms with Gasteiger partial charge in [-0.1, -0.05) is 53.0 Å². The minimum Gasteiger partial charge on any atom is -0.324 e. The van der Waals surface area contributed by atoms with Gasteiger partial charge in [0.2, 0.25) is 0 Å². The Balaban J connectivity index is 2.25. The average molecular weight is 315 g/mol. The van der Waals surface area contributed by atoms with Gasteiger partial charge in [-0.25, -0.2) is 0 Å². The molecule has 2 aromatic carbocycles. The number of hydrogen-bond acceptors (Lipinski definition) is 1. The van der Waals surface area contributed by atoms with Crippen LogP contribution in [0.25, 0.3) is 0 Å². The van der Waals surface area contributed by atoms with Crippen molar-refractivity contribution in [1.29, 1.82) is 0 Å². The second-order valence-electron chi connectivity index (χ2n) is 4.52. The molecule has 2 N–H and O–H groups in total. The maximum absolute atomic E-state index is 6.21. The van der Waals surface area contributed by atoms with Gasteiger partial charge in [0.15, 0.2) is 0 Å². The van der Waals surface area contributed by atoms with E-state index in [1.165, 1.54) is 0 Å². The summed E-state index contributed by atoms with van der Waals surface area (Å²) >= 11 is 18.4. The number of benzene rings is 2. The molecule has 0 aliphatic carbocycles. The zero-order chi connectivity index (χ0) is 14.0. The van der Waals surface area contributed by atoms with E-state index in [1.54, 1.807) is 0 Å². The first-order chi connectivity index (χ1) is 8.99. The van der Waals surface area contributed by atoms with Gasteiger partial charge in [-0.05, 0) is 48.2 Å². The minimum absolute atomic E-state index is 0.185. The first-order valence-corrected chi connectivity index (χ1v) is 7.07. The third kappa shape index (κ3) is 3.43. The minimum atomic E-state index is -0.185. The highest BCUT2D eigenvalue weighted by atomic mass is 35.5. The lowest BCUT2D eigenvalue weighted by molar-refractivity contribution is 0.722. The van der Waals surface area contributed by atoms with Gasteiger partial charge in [0.25, 0.3) is 0 Å². The highest BCUT2D eigenvalue weighted by Gasteiger charge is 2.13. The Kier molecular flexibility index (Phi) is 4.75. The number of halogens is 3. The third-order valence-electron chi connectivity index (χ3n) is 3.11. The lowest BCUT2D eigenvalue weighted by atomic mass is 9.99. The van der Waals surface area contributed by atoms with Crippen LogP contribution in [0.3, 0.4) is 0 Å². The first-order valence-electron chi connectivity index (χ1n) is 5.93. The van der Waals surface area contributed by atoms with E-state index >= 15 is 0 Å². The van der Waals surface area contributed by atoms with E-state index in [4.69, 9.17) is 40.5 Å². The Hall–Kier alpha value is -0.730. The van der Waals surface area contributed by atoms with Crippen molar-refractivity contribution in [1.82, 2.24) is 0 Å². The van der Waals surface area contributed by atoms with E-state index in [-0.39, 0.29) is 6.04 Å². The summed E-state index contributed by atoms with van der Waals surface area (Å²) < 4.78 is 0. The Bertz CT molecular complexity index is 576. The topological polar surface area (TPSA) is 26.0 Å². The van der Waals surface area contributed by atoms with Crippen molar-refractivity contribution < 1.29 is 0 Å². The Morgan fingerprint density at radius 1 is 1.00 bits per heavy atom. The van der Waals surface area contributed by atoms with E-state index in [2.05, 4.69) is 0 Å². The predicted molar refractivity (Wildman–Crippen MR) is 83.3 cm³/mol. The van der Waals surface area contributed by atoms with Crippen molar-refractivity contribution in [3.05, 3.63) is 68.2 Å². The van der Waals surface area contributed by atoms with E-state index in [0.29, 0.717) is 16.5 Å². The van der Waals surface area contributed by atoms with Gasteiger partial charge in [0.05, 0.1) is 0 Å². The quantitative estimate of drug-likeness (QED) is 0.828. The summed E-state index contributed by atoms with van der Waals surface area (Å²) in [5, 5.41) is 2.00. The van der Waals surface area contributed by atoms with Crippen molar-refractivity contribution >= 4 is 34.8 Å². The molecule has 0 aliphatic rings. The molecule has 1 nitrogen and oxygen atoms in total. The summed E-state index contributed by atoms with van der Waals surface area (Å²) in [6.45, 7) is 1.96. The fraction of sp³-hybridized carbons (Fsp3) is 0.200. The lowest BCUT2D eigenvalue weighted by Crippen LogP contribution is -2.14. The molecule has 1 atom stereocenters. The average Bonchev–Trinajstić information content (AvgIpc) is 2.37. The molecule has 0 aromatic heterocycles. The van der Waals surface area contributed by atoms with Crippen LogP contribution in [0.5, 0.6) is 0 Å².